The summed E-state index contributed by atoms with van der Waals surface area (Å²) in [7, 11) is -2.14. The van der Waals surface area contributed by atoms with E-state index in [4.69, 9.17) is 13.8 Å². The van der Waals surface area contributed by atoms with Gasteiger partial charge in [-0.25, -0.2) is 19.7 Å². The summed E-state index contributed by atoms with van der Waals surface area (Å²) in [5.74, 6) is 4.05. The van der Waals surface area contributed by atoms with Gasteiger partial charge < -0.3 is 19.5 Å². The van der Waals surface area contributed by atoms with E-state index in [9.17, 15) is 9.59 Å². The number of carbonyl (C=O) groups is 2. The summed E-state index contributed by atoms with van der Waals surface area (Å²) < 4.78 is 33.1. The molecule has 0 unspecified atom stereocenters. The van der Waals surface area contributed by atoms with E-state index in [1.165, 1.54) is 0 Å². The fourth-order valence-electron chi connectivity index (χ4n) is 8.26. The summed E-state index contributed by atoms with van der Waals surface area (Å²) in [4.78, 5) is 42.1. The minimum absolute atomic E-state index is 0.367. The van der Waals surface area contributed by atoms with E-state index < -0.39 is 44.2 Å². The molecule has 10 heteroatoms. The second kappa shape index (κ2) is 12.9. The number of carbonyl (C=O) groups excluding carboxylic acids is 2. The van der Waals surface area contributed by atoms with Crippen LogP contribution in [0.15, 0.2) is 48.8 Å². The molecular weight excluding hydrogens is 653 g/mol. The molecule has 2 atom stereocenters. The molecule has 2 aliphatic heterocycles. The predicted molar refractivity (Wildman–Crippen MR) is 205 cm³/mol. The minimum Gasteiger partial charge on any atom is -0.444 e. The van der Waals surface area contributed by atoms with Crippen molar-refractivity contribution in [1.82, 2.24) is 29.7 Å². The highest BCUT2D eigenvalue weighted by molar-refractivity contribution is 6.90. The maximum atomic E-state index is 14.3. The molecule has 6 rings (SSSR count). The Morgan fingerprint density at radius 2 is 1.65 bits per heavy atom. The van der Waals surface area contributed by atoms with E-state index >= 15 is 0 Å². The van der Waals surface area contributed by atoms with Crippen molar-refractivity contribution < 1.29 is 18.4 Å². The molecule has 4 aromatic rings. The monoisotopic (exact) mass is 707 g/mol. The fourth-order valence-corrected chi connectivity index (χ4v) is 13.5. The highest BCUT2D eigenvalue weighted by Crippen LogP contribution is 2.49. The van der Waals surface area contributed by atoms with Gasteiger partial charge in [-0.15, -0.1) is 5.54 Å². The largest absolute Gasteiger partial charge is 0.444 e. The van der Waals surface area contributed by atoms with Crippen LogP contribution in [0, 0.1) is 11.5 Å². The zero-order chi connectivity index (χ0) is 39.7. The smallest absolute Gasteiger partial charge is 0.408 e. The molecule has 1 N–H and O–H groups in total. The molecule has 0 spiro atoms. The van der Waals surface area contributed by atoms with Gasteiger partial charge in [0.15, 0.2) is 5.82 Å². The molecule has 268 valence electrons. The van der Waals surface area contributed by atoms with Gasteiger partial charge in [-0.05, 0) is 81.1 Å². The number of alkyl carbamates (subject to hydrolysis) is 1. The normalized spacial score (nSPS) is 18.5. The first-order valence-corrected chi connectivity index (χ1v) is 20.2. The molecule has 0 saturated carbocycles. The quantitative estimate of drug-likeness (QED) is 0.159. The van der Waals surface area contributed by atoms with Gasteiger partial charge in [0, 0.05) is 52.2 Å². The van der Waals surface area contributed by atoms with E-state index in [-0.39, 0.29) is 6.04 Å². The average molecular weight is 708 g/mol. The number of nitrogens with one attached hydrogen (secondary N) is 1. The SMILES string of the molecule is [2H]C([2H])([2H])N1C(=O)c2cccc(C#C[Si](C(C)C)(C(C)C)C(C)C)c2[C@H]2C[C@@H]1c1nc3ccc(-c4cnc(C(C)(C)NC(=O)OC(C)(C)C)nc4)cc3n12. The van der Waals surface area contributed by atoms with E-state index in [1.807, 2.05) is 44.2 Å². The number of imidazole rings is 1. The van der Waals surface area contributed by atoms with Crippen LogP contribution < -0.4 is 5.32 Å². The van der Waals surface area contributed by atoms with Gasteiger partial charge in [-0.3, -0.25) is 4.79 Å². The molecule has 2 bridgehead atoms. The molecule has 0 aliphatic carbocycles. The summed E-state index contributed by atoms with van der Waals surface area (Å²) in [6, 6.07) is 10.3. The predicted octanol–water partition coefficient (Wildman–Crippen LogP) is 8.94. The molecule has 2 aliphatic rings. The number of rotatable bonds is 6. The van der Waals surface area contributed by atoms with Gasteiger partial charge in [-0.1, -0.05) is 59.6 Å². The van der Waals surface area contributed by atoms with Crippen molar-refractivity contribution >= 4 is 31.1 Å². The lowest BCUT2D eigenvalue weighted by Gasteiger charge is -2.38. The van der Waals surface area contributed by atoms with Crippen LogP contribution in [-0.4, -0.2) is 57.1 Å². The highest BCUT2D eigenvalue weighted by Gasteiger charge is 2.45. The van der Waals surface area contributed by atoms with Gasteiger partial charge in [0.2, 0.25) is 0 Å². The Labute approximate surface area is 307 Å². The van der Waals surface area contributed by atoms with Crippen molar-refractivity contribution in [2.45, 2.75) is 122 Å². The zero-order valence-electron chi connectivity index (χ0n) is 34.7. The summed E-state index contributed by atoms with van der Waals surface area (Å²) in [6.45, 7) is 20.0. The van der Waals surface area contributed by atoms with Gasteiger partial charge in [0.05, 0.1) is 28.7 Å². The van der Waals surface area contributed by atoms with E-state index in [0.29, 0.717) is 45.8 Å². The van der Waals surface area contributed by atoms with Crippen LogP contribution in [0.5, 0.6) is 0 Å². The van der Waals surface area contributed by atoms with Crippen LogP contribution in [0.3, 0.4) is 0 Å². The lowest BCUT2D eigenvalue weighted by atomic mass is 9.93. The van der Waals surface area contributed by atoms with Gasteiger partial charge in [0.25, 0.3) is 5.91 Å². The maximum Gasteiger partial charge on any atom is 0.408 e. The van der Waals surface area contributed by atoms with Crippen molar-refractivity contribution in [2.75, 3.05) is 6.98 Å². The number of ether oxygens (including phenoxy) is 1. The fraction of sp³-hybridized carbons (Fsp3) is 0.488. The molecular formula is C41H52N6O3Si. The topological polar surface area (TPSA) is 102 Å². The average Bonchev–Trinajstić information content (AvgIpc) is 3.55. The Morgan fingerprint density at radius 3 is 2.25 bits per heavy atom. The second-order valence-electron chi connectivity index (χ2n) is 16.4. The molecule has 2 aromatic heterocycles. The molecule has 2 aromatic carbocycles. The standard InChI is InChI=1S/C41H52N6O3Si/c1-24(2)51(25(3)4,26(5)6)19-18-27-14-13-15-30-35(27)33-21-34(46(12)37(30)48)36-44-31-17-16-28(20-32(31)47(33)36)29-22-42-38(43-23-29)41(10,11)45-39(49)50-40(7,8)9/h13-17,20,22-26,33-34H,21H2,1-12H3,(H,45,49)/t33-,34-/m1/s1/i12D3. The Kier molecular flexibility index (Phi) is 8.22. The zero-order valence-corrected chi connectivity index (χ0v) is 32.7. The van der Waals surface area contributed by atoms with E-state index in [1.54, 1.807) is 39.2 Å². The molecule has 0 saturated heterocycles. The van der Waals surface area contributed by atoms with Crippen LogP contribution in [0.1, 0.15) is 132 Å². The Hall–Kier alpha value is -4.49. The third kappa shape index (κ3) is 6.35. The summed E-state index contributed by atoms with van der Waals surface area (Å²) in [5, 5.41) is 2.85. The van der Waals surface area contributed by atoms with Gasteiger partial charge in [-0.2, -0.15) is 0 Å². The van der Waals surface area contributed by atoms with Crippen LogP contribution in [0.4, 0.5) is 4.79 Å². The number of amides is 2. The highest BCUT2D eigenvalue weighted by atomic mass is 28.3. The molecule has 4 heterocycles. The van der Waals surface area contributed by atoms with E-state index in [2.05, 4.69) is 72.9 Å². The van der Waals surface area contributed by atoms with Crippen LogP contribution in [0.2, 0.25) is 16.6 Å². The van der Waals surface area contributed by atoms with Crippen LogP contribution in [-0.2, 0) is 10.3 Å². The Balaban J connectivity index is 1.47. The number of hydrogen-bond donors (Lipinski definition) is 1. The molecule has 9 nitrogen and oxygen atoms in total. The summed E-state index contributed by atoms with van der Waals surface area (Å²) >= 11 is 0. The maximum absolute atomic E-state index is 14.3. The summed E-state index contributed by atoms with van der Waals surface area (Å²) in [5.41, 5.74) is 8.54. The van der Waals surface area contributed by atoms with Crippen molar-refractivity contribution in [2.24, 2.45) is 0 Å². The van der Waals surface area contributed by atoms with Crippen LogP contribution in [0.25, 0.3) is 22.2 Å². The van der Waals surface area contributed by atoms with Crippen molar-refractivity contribution in [3.8, 4) is 22.6 Å². The Bertz CT molecular complexity index is 2150. The third-order valence-electron chi connectivity index (χ3n) is 10.6. The number of aromatic nitrogens is 4. The number of fused-ring (bicyclic) bond motifs is 9. The first-order chi connectivity index (χ1) is 25.1. The van der Waals surface area contributed by atoms with Gasteiger partial charge in [0.1, 0.15) is 19.5 Å². The van der Waals surface area contributed by atoms with Gasteiger partial charge >= 0.3 is 6.09 Å². The number of hydrogen-bond acceptors (Lipinski definition) is 6. The second-order valence-corrected chi connectivity index (χ2v) is 22.0. The number of nitrogens with zero attached hydrogens (tertiary/aromatic N) is 5. The first-order valence-electron chi connectivity index (χ1n) is 19.4. The first kappa shape index (κ1) is 32.4. The minimum atomic E-state index is -2.69. The Morgan fingerprint density at radius 1 is 0.980 bits per heavy atom. The lowest BCUT2D eigenvalue weighted by Crippen LogP contribution is -2.44. The van der Waals surface area contributed by atoms with Crippen molar-refractivity contribution in [3.05, 3.63) is 77.1 Å². The van der Waals surface area contributed by atoms with Crippen molar-refractivity contribution in [3.63, 3.8) is 0 Å². The lowest BCUT2D eigenvalue weighted by molar-refractivity contribution is 0.0465. The molecule has 0 fully saturated rings. The van der Waals surface area contributed by atoms with E-state index in [0.717, 1.165) is 32.7 Å². The van der Waals surface area contributed by atoms with Crippen LogP contribution >= 0.6 is 0 Å². The number of benzene rings is 2. The molecule has 2 amide bonds. The van der Waals surface area contributed by atoms with Crippen molar-refractivity contribution in [1.29, 1.82) is 0 Å². The molecule has 51 heavy (non-hydrogen) atoms. The third-order valence-corrected chi connectivity index (χ3v) is 16.9. The molecule has 0 radical (unpaired) electrons. The summed E-state index contributed by atoms with van der Waals surface area (Å²) in [6.07, 6.45) is 3.26.